The van der Waals surface area contributed by atoms with Crippen molar-refractivity contribution in [2.24, 2.45) is 5.73 Å². The lowest BCUT2D eigenvalue weighted by Gasteiger charge is -2.22. The van der Waals surface area contributed by atoms with E-state index in [1.165, 1.54) is 52.3 Å². The fraction of sp³-hybridized carbons (Fsp3) is 0.412. The fourth-order valence-corrected chi connectivity index (χ4v) is 5.11. The quantitative estimate of drug-likeness (QED) is 0.435. The molecule has 2 rings (SSSR count). The van der Waals surface area contributed by atoms with Crippen LogP contribution in [0.1, 0.15) is 26.2 Å². The minimum Gasteiger partial charge on any atom is -0.370 e. The second-order valence-electron chi connectivity index (χ2n) is 5.56. The number of amides is 2. The molecule has 0 aliphatic heterocycles. The molecular weight excluding hydrogens is 407 g/mol. The standard InChI is InChI=1S/C17H21FN4O2S3/c1-2-3-10-25-16-20-21-17(27-16)26-11-15(24)22(9-8-14(19)23)13-6-4-12(18)5-7-13/h4-7H,2-3,8-11H2,1H3,(H2,19,23). The number of anilines is 1. The van der Waals surface area contributed by atoms with Crippen molar-refractivity contribution in [2.75, 3.05) is 23.0 Å². The Hall–Kier alpha value is -1.65. The van der Waals surface area contributed by atoms with Gasteiger partial charge in [0.25, 0.3) is 0 Å². The van der Waals surface area contributed by atoms with E-state index in [0.29, 0.717) is 5.69 Å². The fourth-order valence-electron chi connectivity index (χ4n) is 2.06. The highest BCUT2D eigenvalue weighted by molar-refractivity contribution is 8.03. The molecule has 0 fully saturated rings. The summed E-state index contributed by atoms with van der Waals surface area (Å²) in [5, 5.41) is 8.22. The Morgan fingerprint density at radius 2 is 1.85 bits per heavy atom. The van der Waals surface area contributed by atoms with Crippen LogP contribution in [0, 0.1) is 5.82 Å². The normalized spacial score (nSPS) is 10.7. The molecule has 0 unspecified atom stereocenters. The van der Waals surface area contributed by atoms with Crippen LogP contribution in [-0.2, 0) is 9.59 Å². The number of hydrogen-bond donors (Lipinski definition) is 1. The van der Waals surface area contributed by atoms with E-state index in [1.54, 1.807) is 11.8 Å². The molecule has 0 spiro atoms. The average Bonchev–Trinajstić information content (AvgIpc) is 3.09. The van der Waals surface area contributed by atoms with Crippen molar-refractivity contribution in [3.8, 4) is 0 Å². The first-order valence-electron chi connectivity index (χ1n) is 8.43. The van der Waals surface area contributed by atoms with E-state index >= 15 is 0 Å². The molecule has 6 nitrogen and oxygen atoms in total. The summed E-state index contributed by atoms with van der Waals surface area (Å²) in [6.45, 7) is 2.28. The highest BCUT2D eigenvalue weighted by atomic mass is 32.2. The van der Waals surface area contributed by atoms with E-state index < -0.39 is 11.7 Å². The third-order valence-corrected chi connectivity index (χ3v) is 6.71. The molecule has 2 aromatic rings. The number of nitrogens with zero attached hydrogens (tertiary/aromatic N) is 3. The lowest BCUT2D eigenvalue weighted by atomic mass is 10.2. The summed E-state index contributed by atoms with van der Waals surface area (Å²) in [7, 11) is 0. The Morgan fingerprint density at radius 3 is 2.48 bits per heavy atom. The van der Waals surface area contributed by atoms with Crippen LogP contribution in [0.25, 0.3) is 0 Å². The van der Waals surface area contributed by atoms with Gasteiger partial charge in [-0.25, -0.2) is 4.39 Å². The summed E-state index contributed by atoms with van der Waals surface area (Å²) < 4.78 is 14.8. The van der Waals surface area contributed by atoms with E-state index in [2.05, 4.69) is 17.1 Å². The number of rotatable bonds is 11. The van der Waals surface area contributed by atoms with E-state index in [4.69, 9.17) is 5.73 Å². The maximum atomic E-state index is 13.2. The molecule has 0 bridgehead atoms. The highest BCUT2D eigenvalue weighted by Crippen LogP contribution is 2.29. The average molecular weight is 429 g/mol. The number of carbonyl (C=O) groups is 2. The van der Waals surface area contributed by atoms with Gasteiger partial charge in [-0.3, -0.25) is 9.59 Å². The number of carbonyl (C=O) groups excluding carboxylic acids is 2. The van der Waals surface area contributed by atoms with Gasteiger partial charge in [-0.1, -0.05) is 48.2 Å². The van der Waals surface area contributed by atoms with Gasteiger partial charge >= 0.3 is 0 Å². The molecule has 27 heavy (non-hydrogen) atoms. The zero-order valence-corrected chi connectivity index (χ0v) is 17.3. The van der Waals surface area contributed by atoms with Gasteiger partial charge in [0.1, 0.15) is 5.82 Å². The monoisotopic (exact) mass is 428 g/mol. The molecular formula is C17H21FN4O2S3. The number of benzene rings is 1. The first kappa shape index (κ1) is 21.6. The molecule has 0 saturated heterocycles. The lowest BCUT2D eigenvalue weighted by Crippen LogP contribution is -2.35. The summed E-state index contributed by atoms with van der Waals surface area (Å²) in [6.07, 6.45) is 2.29. The molecule has 1 heterocycles. The van der Waals surface area contributed by atoms with Crippen LogP contribution in [0.5, 0.6) is 0 Å². The van der Waals surface area contributed by atoms with Crippen LogP contribution in [0.3, 0.4) is 0 Å². The minimum atomic E-state index is -0.500. The number of hydrogen-bond acceptors (Lipinski definition) is 7. The van der Waals surface area contributed by atoms with Crippen molar-refractivity contribution in [3.63, 3.8) is 0 Å². The van der Waals surface area contributed by atoms with E-state index in [-0.39, 0.29) is 24.6 Å². The Bertz CT molecular complexity index is 755. The van der Waals surface area contributed by atoms with Crippen LogP contribution in [0.2, 0.25) is 0 Å². The van der Waals surface area contributed by atoms with Crippen molar-refractivity contribution >= 4 is 52.4 Å². The SMILES string of the molecule is CCCCSc1nnc(SCC(=O)N(CCC(N)=O)c2ccc(F)cc2)s1. The molecule has 0 atom stereocenters. The van der Waals surface area contributed by atoms with Gasteiger partial charge in [-0.15, -0.1) is 10.2 Å². The van der Waals surface area contributed by atoms with Crippen LogP contribution < -0.4 is 10.6 Å². The van der Waals surface area contributed by atoms with Gasteiger partial charge in [-0.2, -0.15) is 0 Å². The third-order valence-electron chi connectivity index (χ3n) is 3.45. The number of primary amides is 1. The maximum absolute atomic E-state index is 13.2. The predicted molar refractivity (Wildman–Crippen MR) is 109 cm³/mol. The Balaban J connectivity index is 1.96. The first-order chi connectivity index (χ1) is 13.0. The van der Waals surface area contributed by atoms with Gasteiger partial charge in [-0.05, 0) is 30.7 Å². The van der Waals surface area contributed by atoms with Crippen LogP contribution in [0.15, 0.2) is 32.9 Å². The van der Waals surface area contributed by atoms with E-state index in [1.807, 2.05) is 0 Å². The molecule has 0 radical (unpaired) electrons. The number of halogens is 1. The molecule has 2 N–H and O–H groups in total. The molecule has 146 valence electrons. The van der Waals surface area contributed by atoms with E-state index in [9.17, 15) is 14.0 Å². The maximum Gasteiger partial charge on any atom is 0.237 e. The number of nitrogens with two attached hydrogens (primary N) is 1. The second-order valence-corrected chi connectivity index (χ2v) is 9.10. The summed E-state index contributed by atoms with van der Waals surface area (Å²) in [5.74, 6) is 0.0472. The topological polar surface area (TPSA) is 89.2 Å². The Morgan fingerprint density at radius 1 is 1.19 bits per heavy atom. The van der Waals surface area contributed by atoms with Crippen molar-refractivity contribution < 1.29 is 14.0 Å². The molecule has 1 aromatic heterocycles. The molecule has 10 heteroatoms. The van der Waals surface area contributed by atoms with Gasteiger partial charge in [0, 0.05) is 24.4 Å². The smallest absolute Gasteiger partial charge is 0.237 e. The van der Waals surface area contributed by atoms with Crippen molar-refractivity contribution in [3.05, 3.63) is 30.1 Å². The highest BCUT2D eigenvalue weighted by Gasteiger charge is 2.18. The largest absolute Gasteiger partial charge is 0.370 e. The lowest BCUT2D eigenvalue weighted by molar-refractivity contribution is -0.118. The van der Waals surface area contributed by atoms with Gasteiger partial charge in [0.05, 0.1) is 5.75 Å². The van der Waals surface area contributed by atoms with Crippen LogP contribution in [-0.4, -0.2) is 40.1 Å². The zero-order valence-electron chi connectivity index (χ0n) is 14.9. The Labute approximate surface area is 170 Å². The van der Waals surface area contributed by atoms with Crippen molar-refractivity contribution in [2.45, 2.75) is 34.9 Å². The molecule has 2 amide bonds. The van der Waals surface area contributed by atoms with Gasteiger partial charge in [0.15, 0.2) is 8.68 Å². The minimum absolute atomic E-state index is 0.0325. The van der Waals surface area contributed by atoms with Gasteiger partial charge < -0.3 is 10.6 Å². The summed E-state index contributed by atoms with van der Waals surface area (Å²) in [5.41, 5.74) is 5.72. The van der Waals surface area contributed by atoms with Crippen LogP contribution in [0.4, 0.5) is 10.1 Å². The molecule has 0 aliphatic carbocycles. The number of unbranched alkanes of at least 4 members (excludes halogenated alkanes) is 1. The summed E-state index contributed by atoms with van der Waals surface area (Å²) >= 11 is 4.43. The van der Waals surface area contributed by atoms with Crippen molar-refractivity contribution in [1.82, 2.24) is 10.2 Å². The summed E-state index contributed by atoms with van der Waals surface area (Å²) in [4.78, 5) is 25.2. The molecule has 1 aromatic carbocycles. The Kier molecular flexibility index (Phi) is 9.02. The number of aromatic nitrogens is 2. The third kappa shape index (κ3) is 7.47. The predicted octanol–water partition coefficient (Wildman–Crippen LogP) is 3.57. The van der Waals surface area contributed by atoms with Crippen molar-refractivity contribution in [1.29, 1.82) is 0 Å². The summed E-state index contributed by atoms with van der Waals surface area (Å²) in [6, 6.07) is 5.56. The molecule has 0 aliphatic rings. The van der Waals surface area contributed by atoms with Crippen LogP contribution >= 0.6 is 34.9 Å². The molecule has 0 saturated carbocycles. The van der Waals surface area contributed by atoms with E-state index in [0.717, 1.165) is 27.3 Å². The first-order valence-corrected chi connectivity index (χ1v) is 11.2. The van der Waals surface area contributed by atoms with Gasteiger partial charge in [0.2, 0.25) is 11.8 Å². The number of thioether (sulfide) groups is 2. The zero-order chi connectivity index (χ0) is 19.6. The second kappa shape index (κ2) is 11.3.